The topological polar surface area (TPSA) is 23.6 Å². The molecule has 1 saturated heterocycles. The Bertz CT molecular complexity index is 842. The molecule has 2 aliphatic heterocycles. The Hall–Kier alpha value is -0.330. The van der Waals surface area contributed by atoms with Crippen molar-refractivity contribution >= 4 is 52.6 Å². The fraction of sp³-hybridized carbons (Fsp3) is 0.625. The molecule has 1 aromatic rings. The molecule has 31 heavy (non-hydrogen) atoms. The summed E-state index contributed by atoms with van der Waals surface area (Å²) in [4.78, 5) is 17.8. The van der Waals surface area contributed by atoms with E-state index in [0.29, 0.717) is 32.0 Å². The highest BCUT2D eigenvalue weighted by molar-refractivity contribution is 8.18. The van der Waals surface area contributed by atoms with E-state index in [-0.39, 0.29) is 11.9 Å². The maximum Gasteiger partial charge on any atom is 0.227 e. The van der Waals surface area contributed by atoms with Gasteiger partial charge in [0.15, 0.2) is 0 Å². The third-order valence-electron chi connectivity index (χ3n) is 6.78. The summed E-state index contributed by atoms with van der Waals surface area (Å²) in [5, 5.41) is 1.03. The minimum absolute atomic E-state index is 0.154. The van der Waals surface area contributed by atoms with E-state index in [1.54, 1.807) is 6.07 Å². The van der Waals surface area contributed by atoms with Crippen molar-refractivity contribution in [2.75, 3.05) is 31.6 Å². The number of benzene rings is 1. The molecule has 2 fully saturated rings. The lowest BCUT2D eigenvalue weighted by molar-refractivity contribution is -0.133. The van der Waals surface area contributed by atoms with Crippen LogP contribution in [0.15, 0.2) is 30.4 Å². The number of rotatable bonds is 4. The zero-order chi connectivity index (χ0) is 22.2. The van der Waals surface area contributed by atoms with Crippen LogP contribution in [-0.2, 0) is 11.2 Å². The summed E-state index contributed by atoms with van der Waals surface area (Å²) in [7, 11) is 1.99. The molecule has 2 heterocycles. The Balaban J connectivity index is 1.48. The smallest absolute Gasteiger partial charge is 0.227 e. The molecule has 170 valence electrons. The lowest BCUT2D eigenvalue weighted by Gasteiger charge is -2.52. The van der Waals surface area contributed by atoms with Crippen molar-refractivity contribution in [1.82, 2.24) is 9.80 Å². The molecule has 0 radical (unpaired) electrons. The van der Waals surface area contributed by atoms with Crippen molar-refractivity contribution in [3.8, 4) is 0 Å². The first-order valence-electron chi connectivity index (χ1n) is 11.0. The Morgan fingerprint density at radius 1 is 1.16 bits per heavy atom. The van der Waals surface area contributed by atoms with E-state index in [0.717, 1.165) is 31.5 Å². The summed E-state index contributed by atoms with van der Waals surface area (Å²) in [6, 6.07) is 6.12. The van der Waals surface area contributed by atoms with Crippen LogP contribution in [0.3, 0.4) is 0 Å². The van der Waals surface area contributed by atoms with Gasteiger partial charge in [-0.2, -0.15) is 0 Å². The van der Waals surface area contributed by atoms with E-state index >= 15 is 0 Å². The third kappa shape index (κ3) is 5.43. The fourth-order valence-corrected chi connectivity index (χ4v) is 8.59. The number of halogens is 2. The number of thioether (sulfide) groups is 2. The third-order valence-corrected chi connectivity index (χ3v) is 11.9. The highest BCUT2D eigenvalue weighted by Crippen LogP contribution is 2.56. The second kappa shape index (κ2) is 9.50. The molecule has 0 bridgehead atoms. The first-order chi connectivity index (χ1) is 14.7. The van der Waals surface area contributed by atoms with Gasteiger partial charge >= 0.3 is 0 Å². The van der Waals surface area contributed by atoms with E-state index in [4.69, 9.17) is 23.2 Å². The molecule has 1 aromatic carbocycles. The van der Waals surface area contributed by atoms with Crippen molar-refractivity contribution in [3.05, 3.63) is 46.0 Å². The Kier molecular flexibility index (Phi) is 7.30. The molecule has 0 aromatic heterocycles. The van der Waals surface area contributed by atoms with E-state index in [1.165, 1.54) is 17.9 Å². The molecule has 2 unspecified atom stereocenters. The molecule has 1 spiro atoms. The van der Waals surface area contributed by atoms with E-state index in [9.17, 15) is 4.79 Å². The molecule has 4 rings (SSSR count). The van der Waals surface area contributed by atoms with Gasteiger partial charge in [-0.15, -0.1) is 23.5 Å². The number of hydrogen-bond donors (Lipinski definition) is 0. The maximum atomic E-state index is 13.2. The molecular formula is C24H32Cl2N2OS2. The van der Waals surface area contributed by atoms with Crippen LogP contribution >= 0.6 is 46.7 Å². The largest absolute Gasteiger partial charge is 0.341 e. The van der Waals surface area contributed by atoms with Crippen LogP contribution in [0.25, 0.3) is 0 Å². The predicted octanol–water partition coefficient (Wildman–Crippen LogP) is 5.99. The Morgan fingerprint density at radius 2 is 1.84 bits per heavy atom. The molecule has 3 aliphatic rings. The van der Waals surface area contributed by atoms with Crippen LogP contribution in [0, 0.1) is 5.41 Å². The number of carbonyl (C=O) groups excluding carboxylic acids is 1. The Labute approximate surface area is 205 Å². The summed E-state index contributed by atoms with van der Waals surface area (Å²) in [6.45, 7) is 6.74. The van der Waals surface area contributed by atoms with Crippen molar-refractivity contribution < 1.29 is 4.79 Å². The van der Waals surface area contributed by atoms with Gasteiger partial charge in [0.2, 0.25) is 5.91 Å². The van der Waals surface area contributed by atoms with Crippen molar-refractivity contribution in [3.63, 3.8) is 0 Å². The van der Waals surface area contributed by atoms with Gasteiger partial charge < -0.3 is 4.90 Å². The quantitative estimate of drug-likeness (QED) is 0.475. The molecule has 2 atom stereocenters. The van der Waals surface area contributed by atoms with Crippen LogP contribution < -0.4 is 0 Å². The lowest BCUT2D eigenvalue weighted by Crippen LogP contribution is -2.58. The van der Waals surface area contributed by atoms with Gasteiger partial charge in [-0.3, -0.25) is 9.69 Å². The molecule has 1 aliphatic carbocycles. The lowest BCUT2D eigenvalue weighted by atomic mass is 9.87. The second-order valence-corrected chi connectivity index (χ2v) is 13.7. The van der Waals surface area contributed by atoms with Crippen LogP contribution in [0.1, 0.15) is 38.7 Å². The van der Waals surface area contributed by atoms with Gasteiger partial charge in [-0.05, 0) is 42.4 Å². The first kappa shape index (κ1) is 23.8. The highest BCUT2D eigenvalue weighted by Gasteiger charge is 2.48. The fourth-order valence-electron chi connectivity index (χ4n) is 4.84. The number of likely N-dealkylation sites (N-methyl/N-ethyl adjacent to an activating group) is 1. The number of carbonyl (C=O) groups is 1. The van der Waals surface area contributed by atoms with Crippen molar-refractivity contribution in [2.45, 2.75) is 55.7 Å². The van der Waals surface area contributed by atoms with Gasteiger partial charge in [-0.25, -0.2) is 0 Å². The summed E-state index contributed by atoms with van der Waals surface area (Å²) >= 11 is 16.5. The van der Waals surface area contributed by atoms with Gasteiger partial charge in [0.1, 0.15) is 0 Å². The van der Waals surface area contributed by atoms with Gasteiger partial charge in [0.05, 0.1) is 20.5 Å². The normalized spacial score (nSPS) is 27.5. The van der Waals surface area contributed by atoms with Crippen molar-refractivity contribution in [2.24, 2.45) is 5.41 Å². The minimum atomic E-state index is 0.154. The monoisotopic (exact) mass is 498 g/mol. The number of nitrogens with zero attached hydrogens (tertiary/aromatic N) is 2. The molecule has 1 saturated carbocycles. The molecule has 0 N–H and O–H groups in total. The average molecular weight is 500 g/mol. The maximum absolute atomic E-state index is 13.2. The van der Waals surface area contributed by atoms with Gasteiger partial charge in [0, 0.05) is 43.7 Å². The van der Waals surface area contributed by atoms with E-state index in [2.05, 4.69) is 54.4 Å². The SMILES string of the molecule is CN(C(=O)Cc1ccc(Cl)c(Cl)c1)C1CCC2(CC1N1CC=CC1)SCC(C)(C)CS2. The standard InChI is InChI=1S/C24H32Cl2N2OS2/c1-23(2)15-30-24(31-16-23)9-8-20(21(14-24)28-10-4-5-11-28)27(3)22(29)13-17-6-7-18(25)19(26)12-17/h4-7,12,20-21H,8-11,13-16H2,1-3H3. The van der Waals surface area contributed by atoms with Gasteiger partial charge in [0.25, 0.3) is 0 Å². The first-order valence-corrected chi connectivity index (χ1v) is 13.8. The highest BCUT2D eigenvalue weighted by atomic mass is 35.5. The van der Waals surface area contributed by atoms with Crippen molar-refractivity contribution in [1.29, 1.82) is 0 Å². The van der Waals surface area contributed by atoms with E-state index in [1.807, 2.05) is 24.1 Å². The zero-order valence-electron chi connectivity index (χ0n) is 18.6. The second-order valence-electron chi connectivity index (χ2n) is 9.88. The van der Waals surface area contributed by atoms with Crippen LogP contribution in [0.2, 0.25) is 10.0 Å². The minimum Gasteiger partial charge on any atom is -0.341 e. The number of hydrogen-bond acceptors (Lipinski definition) is 4. The summed E-state index contributed by atoms with van der Waals surface area (Å²) < 4.78 is 0.298. The molecule has 7 heteroatoms. The average Bonchev–Trinajstić information content (AvgIpc) is 3.27. The summed E-state index contributed by atoms with van der Waals surface area (Å²) in [6.07, 6.45) is 8.27. The summed E-state index contributed by atoms with van der Waals surface area (Å²) in [5.74, 6) is 2.60. The zero-order valence-corrected chi connectivity index (χ0v) is 21.7. The van der Waals surface area contributed by atoms with E-state index < -0.39 is 0 Å². The molecule has 1 amide bonds. The number of amides is 1. The van der Waals surface area contributed by atoms with Gasteiger partial charge in [-0.1, -0.05) is 55.3 Å². The Morgan fingerprint density at radius 3 is 2.48 bits per heavy atom. The summed E-state index contributed by atoms with van der Waals surface area (Å²) in [5.41, 5.74) is 1.33. The predicted molar refractivity (Wildman–Crippen MR) is 137 cm³/mol. The van der Waals surface area contributed by atoms with Crippen LogP contribution in [0.4, 0.5) is 0 Å². The molecule has 3 nitrogen and oxygen atoms in total. The van der Waals surface area contributed by atoms with Crippen LogP contribution in [-0.4, -0.2) is 63.5 Å². The van der Waals surface area contributed by atoms with Crippen LogP contribution in [0.5, 0.6) is 0 Å². The molecular weight excluding hydrogens is 467 g/mol.